The minimum Gasteiger partial charge on any atom is -0.633 e. The molecule has 18 heavy (non-hydrogen) atoms. The van der Waals surface area contributed by atoms with Gasteiger partial charge in [0.2, 0.25) is 0 Å². The van der Waals surface area contributed by atoms with Crippen LogP contribution in [0.1, 0.15) is 71.6 Å². The van der Waals surface area contributed by atoms with E-state index in [0.29, 0.717) is 0 Å². The van der Waals surface area contributed by atoms with Gasteiger partial charge in [0.25, 0.3) is 0 Å². The van der Waals surface area contributed by atoms with Crippen molar-refractivity contribution in [1.82, 2.24) is 0 Å². The quantitative estimate of drug-likeness (QED) is 0.366. The van der Waals surface area contributed by atoms with Crippen molar-refractivity contribution >= 4 is 0 Å². The summed E-state index contributed by atoms with van der Waals surface area (Å²) in [6.45, 7) is 5.86. The second kappa shape index (κ2) is 14.9. The van der Waals surface area contributed by atoms with Crippen LogP contribution in [0.5, 0.6) is 0 Å². The molecule has 0 fully saturated rings. The standard InChI is InChI=1S/C10H23N.C5H13NO/c1-2-3-4-5-6-7-8-9-10-11;1-4-5-6(2,3)7/h2-11H2,1H3;4-5H2,1-3H3. The summed E-state index contributed by atoms with van der Waals surface area (Å²) < 4.78 is -0.156. The third-order valence-corrected chi connectivity index (χ3v) is 2.82. The van der Waals surface area contributed by atoms with Crippen LogP contribution in [0.25, 0.3) is 0 Å². The molecular formula is C15H36N2O. The van der Waals surface area contributed by atoms with E-state index < -0.39 is 0 Å². The van der Waals surface area contributed by atoms with E-state index in [1.807, 2.05) is 6.92 Å². The predicted molar refractivity (Wildman–Crippen MR) is 82.3 cm³/mol. The summed E-state index contributed by atoms with van der Waals surface area (Å²) in [5.74, 6) is 0. The van der Waals surface area contributed by atoms with E-state index in [4.69, 9.17) is 5.73 Å². The Kier molecular flexibility index (Phi) is 16.8. The van der Waals surface area contributed by atoms with Gasteiger partial charge in [0.15, 0.2) is 0 Å². The van der Waals surface area contributed by atoms with Crippen molar-refractivity contribution in [2.75, 3.05) is 27.2 Å². The lowest BCUT2D eigenvalue weighted by atomic mass is 10.1. The zero-order valence-electron chi connectivity index (χ0n) is 13.2. The van der Waals surface area contributed by atoms with Crippen molar-refractivity contribution in [3.63, 3.8) is 0 Å². The smallest absolute Gasteiger partial charge is 0.0777 e. The highest BCUT2D eigenvalue weighted by Crippen LogP contribution is 2.07. The van der Waals surface area contributed by atoms with E-state index in [9.17, 15) is 5.21 Å². The number of quaternary nitrogens is 1. The van der Waals surface area contributed by atoms with Gasteiger partial charge in [0.1, 0.15) is 0 Å². The molecule has 0 radical (unpaired) electrons. The van der Waals surface area contributed by atoms with Gasteiger partial charge in [0.05, 0.1) is 20.6 Å². The summed E-state index contributed by atoms with van der Waals surface area (Å²) in [7, 11) is 3.31. The average Bonchev–Trinajstić information content (AvgIpc) is 2.27. The fraction of sp³-hybridized carbons (Fsp3) is 1.00. The monoisotopic (exact) mass is 260 g/mol. The van der Waals surface area contributed by atoms with E-state index in [1.54, 1.807) is 14.1 Å². The Morgan fingerprint density at radius 1 is 0.778 bits per heavy atom. The molecule has 0 spiro atoms. The van der Waals surface area contributed by atoms with Crippen molar-refractivity contribution < 1.29 is 4.65 Å². The highest BCUT2D eigenvalue weighted by Gasteiger charge is 1.95. The summed E-state index contributed by atoms with van der Waals surface area (Å²) in [5, 5.41) is 10.6. The number of nitrogens with two attached hydrogens (primary N) is 1. The maximum atomic E-state index is 10.6. The second-order valence-corrected chi connectivity index (χ2v) is 5.56. The Bertz CT molecular complexity index is 136. The van der Waals surface area contributed by atoms with Crippen molar-refractivity contribution in [3.8, 4) is 0 Å². The topological polar surface area (TPSA) is 49.1 Å². The molecule has 0 aliphatic heterocycles. The molecule has 2 N–H and O–H groups in total. The maximum Gasteiger partial charge on any atom is 0.0777 e. The molecule has 3 heteroatoms. The van der Waals surface area contributed by atoms with Crippen LogP contribution in [0.4, 0.5) is 0 Å². The first-order valence-corrected chi connectivity index (χ1v) is 7.72. The summed E-state index contributed by atoms with van der Waals surface area (Å²) in [6, 6.07) is 0. The first kappa shape index (κ1) is 20.2. The molecule has 112 valence electrons. The van der Waals surface area contributed by atoms with Crippen molar-refractivity contribution in [2.45, 2.75) is 71.6 Å². The number of hydroxylamine groups is 3. The van der Waals surface area contributed by atoms with Gasteiger partial charge < -0.3 is 15.6 Å². The minimum absolute atomic E-state index is 0.156. The average molecular weight is 260 g/mol. The lowest BCUT2D eigenvalue weighted by molar-refractivity contribution is -0.839. The number of nitrogens with zero attached hydrogens (tertiary/aromatic N) is 1. The molecule has 3 nitrogen and oxygen atoms in total. The molecule has 0 heterocycles. The molecule has 0 bridgehead atoms. The summed E-state index contributed by atoms with van der Waals surface area (Å²) >= 11 is 0. The van der Waals surface area contributed by atoms with Crippen molar-refractivity contribution in [1.29, 1.82) is 0 Å². The Hall–Kier alpha value is -0.120. The molecule has 0 saturated heterocycles. The first-order valence-electron chi connectivity index (χ1n) is 7.72. The van der Waals surface area contributed by atoms with Crippen LogP contribution in [0, 0.1) is 5.21 Å². The lowest BCUT2D eigenvalue weighted by Crippen LogP contribution is -2.32. The van der Waals surface area contributed by atoms with E-state index in [1.165, 1.54) is 51.4 Å². The van der Waals surface area contributed by atoms with Gasteiger partial charge in [0, 0.05) is 0 Å². The van der Waals surface area contributed by atoms with E-state index in [0.717, 1.165) is 19.5 Å². The van der Waals surface area contributed by atoms with Gasteiger partial charge in [-0.3, -0.25) is 0 Å². The Balaban J connectivity index is 0. The van der Waals surface area contributed by atoms with Crippen LogP contribution >= 0.6 is 0 Å². The SMILES string of the molecule is CCCCCCCCCCN.CCC[N+](C)(C)[O-]. The lowest BCUT2D eigenvalue weighted by Gasteiger charge is -2.33. The highest BCUT2D eigenvalue weighted by molar-refractivity contribution is 4.45. The number of unbranched alkanes of at least 4 members (excludes halogenated alkanes) is 7. The molecule has 0 saturated carbocycles. The number of hydrogen-bond acceptors (Lipinski definition) is 2. The zero-order valence-corrected chi connectivity index (χ0v) is 13.2. The van der Waals surface area contributed by atoms with Crippen LogP contribution in [0.15, 0.2) is 0 Å². The highest BCUT2D eigenvalue weighted by atomic mass is 16.5. The van der Waals surface area contributed by atoms with Gasteiger partial charge >= 0.3 is 0 Å². The van der Waals surface area contributed by atoms with Gasteiger partial charge in [-0.15, -0.1) is 0 Å². The maximum absolute atomic E-state index is 10.6. The van der Waals surface area contributed by atoms with E-state index in [-0.39, 0.29) is 4.65 Å². The largest absolute Gasteiger partial charge is 0.633 e. The predicted octanol–water partition coefficient (Wildman–Crippen LogP) is 4.06. The van der Waals surface area contributed by atoms with Crippen LogP contribution < -0.4 is 5.73 Å². The second-order valence-electron chi connectivity index (χ2n) is 5.56. The van der Waals surface area contributed by atoms with E-state index in [2.05, 4.69) is 6.92 Å². The third-order valence-electron chi connectivity index (χ3n) is 2.82. The first-order chi connectivity index (χ1) is 8.47. The van der Waals surface area contributed by atoms with Crippen LogP contribution in [-0.4, -0.2) is 31.8 Å². The normalized spacial score (nSPS) is 11.0. The fourth-order valence-electron chi connectivity index (χ4n) is 1.82. The van der Waals surface area contributed by atoms with Gasteiger partial charge in [-0.25, -0.2) is 0 Å². The summed E-state index contributed by atoms with van der Waals surface area (Å²) in [5.41, 5.74) is 5.39. The number of hydrogen-bond donors (Lipinski definition) is 1. The Labute approximate surface area is 115 Å². The molecule has 0 atom stereocenters. The van der Waals surface area contributed by atoms with Crippen molar-refractivity contribution in [2.24, 2.45) is 5.73 Å². The Morgan fingerprint density at radius 2 is 1.22 bits per heavy atom. The van der Waals surface area contributed by atoms with Gasteiger partial charge in [-0.1, -0.05) is 58.8 Å². The number of rotatable bonds is 10. The van der Waals surface area contributed by atoms with Gasteiger partial charge in [-0.2, -0.15) is 0 Å². The molecule has 0 rings (SSSR count). The minimum atomic E-state index is -0.156. The molecule has 0 unspecified atom stereocenters. The molecule has 0 aliphatic rings. The zero-order chi connectivity index (χ0) is 14.3. The van der Waals surface area contributed by atoms with Crippen molar-refractivity contribution in [3.05, 3.63) is 5.21 Å². The van der Waals surface area contributed by atoms with Crippen LogP contribution in [-0.2, 0) is 0 Å². The molecule has 0 aromatic rings. The summed E-state index contributed by atoms with van der Waals surface area (Å²) in [6.07, 6.45) is 11.9. The van der Waals surface area contributed by atoms with Crippen LogP contribution in [0.2, 0.25) is 0 Å². The molecule has 0 aromatic heterocycles. The molecule has 0 amide bonds. The third kappa shape index (κ3) is 24.9. The Morgan fingerprint density at radius 3 is 1.50 bits per heavy atom. The summed E-state index contributed by atoms with van der Waals surface area (Å²) in [4.78, 5) is 0. The molecule has 0 aliphatic carbocycles. The van der Waals surface area contributed by atoms with Gasteiger partial charge in [-0.05, 0) is 19.4 Å². The van der Waals surface area contributed by atoms with Crippen LogP contribution in [0.3, 0.4) is 0 Å². The molecular weight excluding hydrogens is 224 g/mol. The molecule has 0 aromatic carbocycles. The fourth-order valence-corrected chi connectivity index (χ4v) is 1.82. The van der Waals surface area contributed by atoms with E-state index >= 15 is 0 Å².